The van der Waals surface area contributed by atoms with Crippen LogP contribution < -0.4 is 5.32 Å². The van der Waals surface area contributed by atoms with Crippen LogP contribution in [0.25, 0.3) is 0 Å². The van der Waals surface area contributed by atoms with Crippen LogP contribution in [0.5, 0.6) is 0 Å². The van der Waals surface area contributed by atoms with Crippen LogP contribution in [0.1, 0.15) is 17.0 Å². The Kier molecular flexibility index (Phi) is 3.53. The number of carbonyl (C=O) groups is 1. The van der Waals surface area contributed by atoms with Gasteiger partial charge in [0.05, 0.1) is 11.2 Å². The second kappa shape index (κ2) is 5.31. The lowest BCUT2D eigenvalue weighted by Crippen LogP contribution is -2.27. The first-order chi connectivity index (χ1) is 9.22. The Bertz CT molecular complexity index is 594. The van der Waals surface area contributed by atoms with Gasteiger partial charge in [0.15, 0.2) is 0 Å². The summed E-state index contributed by atoms with van der Waals surface area (Å²) >= 11 is 7.47. The quantitative estimate of drug-likeness (QED) is 0.920. The van der Waals surface area contributed by atoms with Crippen LogP contribution in [0, 0.1) is 5.92 Å². The number of halogens is 1. The number of anilines is 1. The lowest BCUT2D eigenvalue weighted by atomic mass is 9.90. The normalized spacial score (nSPS) is 17.8. The second-order valence-corrected chi connectivity index (χ2v) is 6.03. The van der Waals surface area contributed by atoms with E-state index in [0.29, 0.717) is 5.02 Å². The second-order valence-electron chi connectivity index (χ2n) is 4.66. The first-order valence-corrected chi connectivity index (χ1v) is 7.46. The third kappa shape index (κ3) is 2.80. The molecule has 0 saturated heterocycles. The van der Waals surface area contributed by atoms with Crippen LogP contribution in [0.15, 0.2) is 29.8 Å². The molecule has 1 aliphatic carbocycles. The molecule has 0 spiro atoms. The summed E-state index contributed by atoms with van der Waals surface area (Å²) in [5.74, 6) is 0.130. The molecule has 1 unspecified atom stereocenters. The van der Waals surface area contributed by atoms with Crippen molar-refractivity contribution in [2.45, 2.75) is 19.3 Å². The number of fused-ring (bicyclic) bond motifs is 1. The minimum Gasteiger partial charge on any atom is -0.326 e. The number of benzene rings is 1. The number of amides is 1. The number of aromatic nitrogens is 1. The predicted octanol–water partition coefficient (Wildman–Crippen LogP) is 3.54. The maximum absolute atomic E-state index is 12.2. The van der Waals surface area contributed by atoms with Crippen LogP contribution in [-0.2, 0) is 17.6 Å². The fraction of sp³-hybridized carbons (Fsp3) is 0.286. The molecule has 19 heavy (non-hydrogen) atoms. The third-order valence-electron chi connectivity index (χ3n) is 3.37. The lowest BCUT2D eigenvalue weighted by Gasteiger charge is -2.20. The molecule has 1 amide bonds. The van der Waals surface area contributed by atoms with E-state index in [2.05, 4.69) is 10.3 Å². The fourth-order valence-electron chi connectivity index (χ4n) is 2.30. The van der Waals surface area contributed by atoms with Crippen molar-refractivity contribution in [2.75, 3.05) is 5.32 Å². The van der Waals surface area contributed by atoms with Gasteiger partial charge in [0.2, 0.25) is 5.91 Å². The summed E-state index contributed by atoms with van der Waals surface area (Å²) in [7, 11) is 0. The van der Waals surface area contributed by atoms with E-state index in [1.54, 1.807) is 23.5 Å². The van der Waals surface area contributed by atoms with Crippen LogP contribution in [0.4, 0.5) is 5.69 Å². The third-order valence-corrected chi connectivity index (χ3v) is 4.52. The standard InChI is InChI=1S/C14H13ClN2OS/c15-10-2-4-11(5-3-10)17-14(18)9-1-6-12-13(7-9)19-8-16-12/h2-5,8-9H,1,6-7H2,(H,17,18). The molecule has 5 heteroatoms. The highest BCUT2D eigenvalue weighted by Crippen LogP contribution is 2.28. The van der Waals surface area contributed by atoms with Crippen LogP contribution in [0.2, 0.25) is 5.02 Å². The van der Waals surface area contributed by atoms with Crippen molar-refractivity contribution in [2.24, 2.45) is 5.92 Å². The van der Waals surface area contributed by atoms with E-state index < -0.39 is 0 Å². The molecular weight excluding hydrogens is 280 g/mol. The molecule has 1 aromatic carbocycles. The zero-order valence-electron chi connectivity index (χ0n) is 10.2. The first-order valence-electron chi connectivity index (χ1n) is 6.20. The highest BCUT2D eigenvalue weighted by Gasteiger charge is 2.26. The number of hydrogen-bond acceptors (Lipinski definition) is 3. The summed E-state index contributed by atoms with van der Waals surface area (Å²) in [5, 5.41) is 3.62. The number of rotatable bonds is 2. The van der Waals surface area contributed by atoms with E-state index in [9.17, 15) is 4.79 Å². The number of aryl methyl sites for hydroxylation is 1. The maximum atomic E-state index is 12.2. The van der Waals surface area contributed by atoms with Crippen molar-refractivity contribution in [1.29, 1.82) is 0 Å². The van der Waals surface area contributed by atoms with Crippen LogP contribution in [0.3, 0.4) is 0 Å². The number of carbonyl (C=O) groups excluding carboxylic acids is 1. The summed E-state index contributed by atoms with van der Waals surface area (Å²) in [6.45, 7) is 0. The Hall–Kier alpha value is -1.39. The zero-order valence-corrected chi connectivity index (χ0v) is 11.8. The van der Waals surface area contributed by atoms with Gasteiger partial charge in [-0.25, -0.2) is 4.98 Å². The van der Waals surface area contributed by atoms with Crippen molar-refractivity contribution in [1.82, 2.24) is 4.98 Å². The highest BCUT2D eigenvalue weighted by atomic mass is 35.5. The topological polar surface area (TPSA) is 42.0 Å². The molecule has 0 saturated carbocycles. The Morgan fingerprint density at radius 1 is 1.37 bits per heavy atom. The average molecular weight is 293 g/mol. The number of hydrogen-bond donors (Lipinski definition) is 1. The minimum atomic E-state index is 0.0450. The maximum Gasteiger partial charge on any atom is 0.227 e. The Labute approximate surface area is 120 Å². The zero-order chi connectivity index (χ0) is 13.2. The monoisotopic (exact) mass is 292 g/mol. The van der Waals surface area contributed by atoms with Gasteiger partial charge in [-0.2, -0.15) is 0 Å². The molecule has 1 N–H and O–H groups in total. The van der Waals surface area contributed by atoms with Gasteiger partial charge in [0.1, 0.15) is 0 Å². The van der Waals surface area contributed by atoms with E-state index in [0.717, 1.165) is 24.9 Å². The van der Waals surface area contributed by atoms with Gasteiger partial charge in [-0.05, 0) is 43.5 Å². The molecule has 2 aromatic rings. The number of nitrogens with one attached hydrogen (secondary N) is 1. The molecule has 1 aliphatic rings. The lowest BCUT2D eigenvalue weighted by molar-refractivity contribution is -0.120. The Balaban J connectivity index is 1.67. The molecule has 0 radical (unpaired) electrons. The molecule has 0 fully saturated rings. The summed E-state index contributed by atoms with van der Waals surface area (Å²) < 4.78 is 0. The highest BCUT2D eigenvalue weighted by molar-refractivity contribution is 7.09. The van der Waals surface area contributed by atoms with Crippen molar-refractivity contribution >= 4 is 34.5 Å². The van der Waals surface area contributed by atoms with E-state index in [1.165, 1.54) is 10.6 Å². The number of nitrogens with zero attached hydrogens (tertiary/aromatic N) is 1. The van der Waals surface area contributed by atoms with E-state index in [4.69, 9.17) is 11.6 Å². The molecule has 3 rings (SSSR count). The van der Waals surface area contributed by atoms with Gasteiger partial charge in [0, 0.05) is 21.5 Å². The van der Waals surface area contributed by atoms with Crippen molar-refractivity contribution in [3.8, 4) is 0 Å². The molecule has 0 bridgehead atoms. The summed E-state index contributed by atoms with van der Waals surface area (Å²) in [6, 6.07) is 7.20. The fourth-order valence-corrected chi connectivity index (χ4v) is 3.32. The molecule has 3 nitrogen and oxygen atoms in total. The summed E-state index contributed by atoms with van der Waals surface area (Å²) in [4.78, 5) is 17.8. The van der Waals surface area contributed by atoms with Gasteiger partial charge in [-0.1, -0.05) is 11.6 Å². The first kappa shape index (κ1) is 12.6. The smallest absolute Gasteiger partial charge is 0.227 e. The van der Waals surface area contributed by atoms with E-state index in [1.807, 2.05) is 17.6 Å². The SMILES string of the molecule is O=C(Nc1ccc(Cl)cc1)C1CCc2ncsc2C1. The largest absolute Gasteiger partial charge is 0.326 e. The average Bonchev–Trinajstić information content (AvgIpc) is 2.88. The van der Waals surface area contributed by atoms with Crippen molar-refractivity contribution in [3.63, 3.8) is 0 Å². The predicted molar refractivity (Wildman–Crippen MR) is 77.7 cm³/mol. The van der Waals surface area contributed by atoms with Gasteiger partial charge < -0.3 is 5.32 Å². The van der Waals surface area contributed by atoms with Crippen LogP contribution >= 0.6 is 22.9 Å². The summed E-state index contributed by atoms with van der Waals surface area (Å²) in [6.07, 6.45) is 2.58. The van der Waals surface area contributed by atoms with Gasteiger partial charge in [-0.3, -0.25) is 4.79 Å². The summed E-state index contributed by atoms with van der Waals surface area (Å²) in [5.41, 5.74) is 3.83. The van der Waals surface area contributed by atoms with Gasteiger partial charge in [0.25, 0.3) is 0 Å². The molecule has 1 heterocycles. The van der Waals surface area contributed by atoms with Crippen molar-refractivity contribution in [3.05, 3.63) is 45.4 Å². The molecular formula is C14H13ClN2OS. The van der Waals surface area contributed by atoms with Crippen molar-refractivity contribution < 1.29 is 4.79 Å². The molecule has 1 aromatic heterocycles. The van der Waals surface area contributed by atoms with E-state index >= 15 is 0 Å². The number of thiazole rings is 1. The molecule has 98 valence electrons. The van der Waals surface area contributed by atoms with Gasteiger partial charge >= 0.3 is 0 Å². The molecule has 1 atom stereocenters. The molecule has 0 aliphatic heterocycles. The van der Waals surface area contributed by atoms with Crippen LogP contribution in [-0.4, -0.2) is 10.9 Å². The Morgan fingerprint density at radius 3 is 2.95 bits per heavy atom. The van der Waals surface area contributed by atoms with Gasteiger partial charge in [-0.15, -0.1) is 11.3 Å². The Morgan fingerprint density at radius 2 is 2.16 bits per heavy atom. The minimum absolute atomic E-state index is 0.0450. The van der Waals surface area contributed by atoms with E-state index in [-0.39, 0.29) is 11.8 Å².